The second-order valence-corrected chi connectivity index (χ2v) is 4.31. The van der Waals surface area contributed by atoms with Crippen molar-refractivity contribution in [2.75, 3.05) is 6.54 Å². The molecule has 18 heavy (non-hydrogen) atoms. The summed E-state index contributed by atoms with van der Waals surface area (Å²) in [6, 6.07) is 6.71. The molecule has 0 unspecified atom stereocenters. The Balaban J connectivity index is 2.22. The molecule has 0 amide bonds. The molecule has 0 fully saturated rings. The molecule has 0 aliphatic heterocycles. The minimum atomic E-state index is -0.236. The van der Waals surface area contributed by atoms with E-state index in [4.69, 9.17) is 0 Å². The molecule has 4 heteroatoms. The van der Waals surface area contributed by atoms with Crippen molar-refractivity contribution >= 4 is 0 Å². The largest absolute Gasteiger partial charge is 0.344 e. The van der Waals surface area contributed by atoms with E-state index in [1.807, 2.05) is 13.0 Å². The quantitative estimate of drug-likeness (QED) is 0.797. The zero-order valence-corrected chi connectivity index (χ0v) is 10.8. The van der Waals surface area contributed by atoms with Crippen LogP contribution in [-0.2, 0) is 6.54 Å². The van der Waals surface area contributed by atoms with Crippen molar-refractivity contribution in [1.82, 2.24) is 15.3 Å². The number of benzene rings is 1. The van der Waals surface area contributed by atoms with Gasteiger partial charge in [-0.3, -0.25) is 0 Å². The number of hydrogen-bond donors (Lipinski definition) is 2. The van der Waals surface area contributed by atoms with Crippen molar-refractivity contribution in [1.29, 1.82) is 0 Å². The highest BCUT2D eigenvalue weighted by Crippen LogP contribution is 2.23. The Labute approximate surface area is 106 Å². The minimum absolute atomic E-state index is 0.236. The molecular formula is C14H18FN3. The SMILES string of the molecule is CCCNCc1nc(-c2ccccc2F)c(C)[nH]1. The lowest BCUT2D eigenvalue weighted by Gasteiger charge is -2.00. The first-order valence-corrected chi connectivity index (χ1v) is 6.23. The Morgan fingerprint density at radius 1 is 1.33 bits per heavy atom. The predicted molar refractivity (Wildman–Crippen MR) is 70.7 cm³/mol. The van der Waals surface area contributed by atoms with E-state index in [0.29, 0.717) is 17.8 Å². The van der Waals surface area contributed by atoms with Crippen LogP contribution < -0.4 is 5.32 Å². The van der Waals surface area contributed by atoms with Crippen molar-refractivity contribution in [3.8, 4) is 11.3 Å². The fourth-order valence-electron chi connectivity index (χ4n) is 1.91. The molecule has 0 aliphatic carbocycles. The third-order valence-electron chi connectivity index (χ3n) is 2.78. The number of imidazole rings is 1. The fraction of sp³-hybridized carbons (Fsp3) is 0.357. The maximum absolute atomic E-state index is 13.7. The van der Waals surface area contributed by atoms with Gasteiger partial charge in [0.2, 0.25) is 0 Å². The molecule has 0 bridgehead atoms. The van der Waals surface area contributed by atoms with E-state index in [2.05, 4.69) is 22.2 Å². The van der Waals surface area contributed by atoms with Crippen molar-refractivity contribution in [2.45, 2.75) is 26.8 Å². The van der Waals surface area contributed by atoms with Crippen LogP contribution in [0.4, 0.5) is 4.39 Å². The highest BCUT2D eigenvalue weighted by molar-refractivity contribution is 5.62. The lowest BCUT2D eigenvalue weighted by Crippen LogP contribution is -2.14. The van der Waals surface area contributed by atoms with Gasteiger partial charge in [0, 0.05) is 11.3 Å². The summed E-state index contributed by atoms with van der Waals surface area (Å²) >= 11 is 0. The molecular weight excluding hydrogens is 229 g/mol. The number of halogens is 1. The van der Waals surface area contributed by atoms with Gasteiger partial charge in [-0.2, -0.15) is 0 Å². The van der Waals surface area contributed by atoms with Crippen LogP contribution in [0.3, 0.4) is 0 Å². The van der Waals surface area contributed by atoms with Gasteiger partial charge in [-0.15, -0.1) is 0 Å². The van der Waals surface area contributed by atoms with Crippen LogP contribution in [0.5, 0.6) is 0 Å². The van der Waals surface area contributed by atoms with E-state index < -0.39 is 0 Å². The monoisotopic (exact) mass is 247 g/mol. The first-order chi connectivity index (χ1) is 8.72. The third kappa shape index (κ3) is 2.76. The summed E-state index contributed by atoms with van der Waals surface area (Å²) in [6.07, 6.45) is 1.08. The summed E-state index contributed by atoms with van der Waals surface area (Å²) in [6.45, 7) is 5.67. The van der Waals surface area contributed by atoms with Crippen LogP contribution in [-0.4, -0.2) is 16.5 Å². The first-order valence-electron chi connectivity index (χ1n) is 6.23. The first kappa shape index (κ1) is 12.8. The molecule has 0 saturated heterocycles. The van der Waals surface area contributed by atoms with Crippen molar-refractivity contribution in [3.63, 3.8) is 0 Å². The molecule has 2 aromatic rings. The van der Waals surface area contributed by atoms with Gasteiger partial charge in [-0.1, -0.05) is 19.1 Å². The maximum atomic E-state index is 13.7. The van der Waals surface area contributed by atoms with Gasteiger partial charge in [-0.25, -0.2) is 9.37 Å². The lowest BCUT2D eigenvalue weighted by atomic mass is 10.1. The van der Waals surface area contributed by atoms with E-state index in [1.165, 1.54) is 6.07 Å². The standard InChI is InChI=1S/C14H18FN3/c1-3-8-16-9-13-17-10(2)14(18-13)11-6-4-5-7-12(11)15/h4-7,16H,3,8-9H2,1-2H3,(H,17,18). The minimum Gasteiger partial charge on any atom is -0.344 e. The zero-order valence-electron chi connectivity index (χ0n) is 10.8. The molecule has 0 spiro atoms. The summed E-state index contributed by atoms with van der Waals surface area (Å²) in [7, 11) is 0. The summed E-state index contributed by atoms with van der Waals surface area (Å²) in [4.78, 5) is 7.64. The molecule has 2 N–H and O–H groups in total. The highest BCUT2D eigenvalue weighted by Gasteiger charge is 2.11. The van der Waals surface area contributed by atoms with Crippen LogP contribution in [0.2, 0.25) is 0 Å². The van der Waals surface area contributed by atoms with Gasteiger partial charge in [0.15, 0.2) is 0 Å². The number of nitrogens with one attached hydrogen (secondary N) is 2. The lowest BCUT2D eigenvalue weighted by molar-refractivity contribution is 0.630. The van der Waals surface area contributed by atoms with Gasteiger partial charge in [-0.05, 0) is 32.0 Å². The summed E-state index contributed by atoms with van der Waals surface area (Å²) in [5.74, 6) is 0.611. The number of aryl methyl sites for hydroxylation is 1. The fourth-order valence-corrected chi connectivity index (χ4v) is 1.91. The van der Waals surface area contributed by atoms with Crippen LogP contribution in [0, 0.1) is 12.7 Å². The number of aromatic amines is 1. The van der Waals surface area contributed by atoms with Gasteiger partial charge in [0.05, 0.1) is 12.2 Å². The zero-order chi connectivity index (χ0) is 13.0. The van der Waals surface area contributed by atoms with Crippen LogP contribution in [0.1, 0.15) is 24.9 Å². The Morgan fingerprint density at radius 3 is 2.83 bits per heavy atom. The Hall–Kier alpha value is -1.68. The van der Waals surface area contributed by atoms with Crippen molar-refractivity contribution in [3.05, 3.63) is 41.6 Å². The average Bonchev–Trinajstić information content (AvgIpc) is 2.71. The summed E-state index contributed by atoms with van der Waals surface area (Å²) in [5.41, 5.74) is 2.14. The van der Waals surface area contributed by atoms with Crippen molar-refractivity contribution < 1.29 is 4.39 Å². The molecule has 0 aliphatic rings. The predicted octanol–water partition coefficient (Wildman–Crippen LogP) is 3.02. The number of rotatable bonds is 5. The molecule has 1 aromatic carbocycles. The average molecular weight is 247 g/mol. The Kier molecular flexibility index (Phi) is 4.10. The van der Waals surface area contributed by atoms with Gasteiger partial charge in [0.1, 0.15) is 11.6 Å². The van der Waals surface area contributed by atoms with E-state index in [9.17, 15) is 4.39 Å². The Bertz CT molecular complexity index is 520. The van der Waals surface area contributed by atoms with Crippen LogP contribution >= 0.6 is 0 Å². The van der Waals surface area contributed by atoms with E-state index in [1.54, 1.807) is 12.1 Å². The number of nitrogens with zero attached hydrogens (tertiary/aromatic N) is 1. The van der Waals surface area contributed by atoms with Crippen LogP contribution in [0.25, 0.3) is 11.3 Å². The Morgan fingerprint density at radius 2 is 2.11 bits per heavy atom. The number of aromatic nitrogens is 2. The smallest absolute Gasteiger partial charge is 0.132 e. The molecule has 0 radical (unpaired) electrons. The highest BCUT2D eigenvalue weighted by atomic mass is 19.1. The van der Waals surface area contributed by atoms with Crippen molar-refractivity contribution in [2.24, 2.45) is 0 Å². The second kappa shape index (κ2) is 5.78. The van der Waals surface area contributed by atoms with Gasteiger partial charge >= 0.3 is 0 Å². The molecule has 0 atom stereocenters. The molecule has 2 rings (SSSR count). The molecule has 3 nitrogen and oxygen atoms in total. The van der Waals surface area contributed by atoms with Gasteiger partial charge < -0.3 is 10.3 Å². The molecule has 1 aromatic heterocycles. The van der Waals surface area contributed by atoms with Gasteiger partial charge in [0.25, 0.3) is 0 Å². The third-order valence-corrected chi connectivity index (χ3v) is 2.78. The number of hydrogen-bond acceptors (Lipinski definition) is 2. The summed E-state index contributed by atoms with van der Waals surface area (Å²) < 4.78 is 13.7. The molecule has 96 valence electrons. The van der Waals surface area contributed by atoms with E-state index >= 15 is 0 Å². The topological polar surface area (TPSA) is 40.7 Å². The molecule has 1 heterocycles. The van der Waals surface area contributed by atoms with E-state index in [0.717, 1.165) is 24.5 Å². The maximum Gasteiger partial charge on any atom is 0.132 e. The molecule has 0 saturated carbocycles. The number of H-pyrrole nitrogens is 1. The van der Waals surface area contributed by atoms with E-state index in [-0.39, 0.29) is 5.82 Å². The summed E-state index contributed by atoms with van der Waals surface area (Å²) in [5, 5.41) is 3.27. The van der Waals surface area contributed by atoms with Crippen LogP contribution in [0.15, 0.2) is 24.3 Å². The normalized spacial score (nSPS) is 10.8. The second-order valence-electron chi connectivity index (χ2n) is 4.31.